The van der Waals surface area contributed by atoms with Crippen LogP contribution in [0.5, 0.6) is 0 Å². The number of nitrogens with one attached hydrogen (secondary N) is 2. The molecule has 0 aromatic carbocycles. The fourth-order valence-corrected chi connectivity index (χ4v) is 6.47. The fraction of sp³-hybridized carbons (Fsp3) is 0.789. The number of hydrogen-bond acceptors (Lipinski definition) is 4. The summed E-state index contributed by atoms with van der Waals surface area (Å²) in [7, 11) is 2.09. The van der Waals surface area contributed by atoms with Crippen LogP contribution in [-0.2, 0) is 0 Å². The summed E-state index contributed by atoms with van der Waals surface area (Å²) in [4.78, 5) is 2.55. The van der Waals surface area contributed by atoms with Crippen molar-refractivity contribution in [3.05, 3.63) is 24.2 Å². The van der Waals surface area contributed by atoms with Crippen molar-refractivity contribution in [1.29, 1.82) is 0 Å². The molecule has 0 unspecified atom stereocenters. The van der Waals surface area contributed by atoms with Gasteiger partial charge in [-0.05, 0) is 75.8 Å². The van der Waals surface area contributed by atoms with E-state index in [1.165, 1.54) is 57.2 Å². The van der Waals surface area contributed by atoms with E-state index in [2.05, 4.69) is 46.2 Å². The predicted octanol–water partition coefficient (Wildman–Crippen LogP) is 2.42. The molecule has 1 saturated heterocycles. The molecule has 5 fully saturated rings. The maximum absolute atomic E-state index is 3.59. The van der Waals surface area contributed by atoms with Gasteiger partial charge in [-0.15, -0.1) is 0 Å². The highest BCUT2D eigenvalue weighted by atomic mass is 15.5. The Morgan fingerprint density at radius 2 is 1.83 bits per heavy atom. The van der Waals surface area contributed by atoms with E-state index in [1.807, 2.05) is 0 Å². The average molecular weight is 314 g/mol. The number of likely N-dealkylation sites (N-methyl/N-ethyl adjacent to an activating group) is 1. The topological polar surface area (TPSA) is 30.5 Å². The molecule has 4 saturated carbocycles. The van der Waals surface area contributed by atoms with E-state index in [4.69, 9.17) is 0 Å². The molecule has 2 N–H and O–H groups in total. The van der Waals surface area contributed by atoms with Crippen molar-refractivity contribution >= 4 is 0 Å². The van der Waals surface area contributed by atoms with Crippen LogP contribution >= 0.6 is 0 Å². The lowest BCUT2D eigenvalue weighted by Gasteiger charge is -2.60. The predicted molar refractivity (Wildman–Crippen MR) is 92.1 cm³/mol. The number of likely N-dealkylation sites (tertiary alicyclic amines) is 1. The van der Waals surface area contributed by atoms with Crippen LogP contribution in [0.3, 0.4) is 0 Å². The highest BCUT2D eigenvalue weighted by molar-refractivity contribution is 5.23. The monoisotopic (exact) mass is 314 g/mol. The van der Waals surface area contributed by atoms with Crippen LogP contribution in [0.1, 0.15) is 44.9 Å². The van der Waals surface area contributed by atoms with Crippen molar-refractivity contribution in [3.8, 4) is 0 Å². The largest absolute Gasteiger partial charge is 0.369 e. The molecule has 0 spiro atoms. The second kappa shape index (κ2) is 5.17. The summed E-state index contributed by atoms with van der Waals surface area (Å²) in [6.45, 7) is 2.32. The van der Waals surface area contributed by atoms with E-state index in [9.17, 15) is 0 Å². The Labute approximate surface area is 139 Å². The molecule has 1 atom stereocenters. The van der Waals surface area contributed by atoms with Crippen molar-refractivity contribution in [2.24, 2.45) is 17.8 Å². The van der Waals surface area contributed by atoms with Crippen molar-refractivity contribution < 1.29 is 0 Å². The summed E-state index contributed by atoms with van der Waals surface area (Å²) in [5.41, 5.74) is 5.38. The lowest BCUT2D eigenvalue weighted by Crippen LogP contribution is -2.61. The van der Waals surface area contributed by atoms with Crippen LogP contribution in [0.4, 0.5) is 0 Å². The number of hydrazine groups is 1. The highest BCUT2D eigenvalue weighted by Crippen LogP contribution is 2.57. The molecule has 2 aliphatic heterocycles. The summed E-state index contributed by atoms with van der Waals surface area (Å²) in [6, 6.07) is 0.646. The van der Waals surface area contributed by atoms with Crippen LogP contribution in [0.2, 0.25) is 0 Å². The Hall–Kier alpha value is -1.16. The van der Waals surface area contributed by atoms with E-state index in [0.29, 0.717) is 11.6 Å². The molecule has 0 amide bonds. The van der Waals surface area contributed by atoms with Gasteiger partial charge in [0, 0.05) is 31.5 Å². The van der Waals surface area contributed by atoms with Gasteiger partial charge in [0.25, 0.3) is 0 Å². The third kappa shape index (κ3) is 2.29. The molecule has 6 aliphatic rings. The summed E-state index contributed by atoms with van der Waals surface area (Å²) < 4.78 is 0. The molecule has 4 nitrogen and oxygen atoms in total. The van der Waals surface area contributed by atoms with Gasteiger partial charge in [-0.1, -0.05) is 0 Å². The summed E-state index contributed by atoms with van der Waals surface area (Å²) in [5, 5.41) is 5.94. The molecule has 23 heavy (non-hydrogen) atoms. The summed E-state index contributed by atoms with van der Waals surface area (Å²) in [5.74, 6) is 2.98. The highest BCUT2D eigenvalue weighted by Gasteiger charge is 2.53. The summed E-state index contributed by atoms with van der Waals surface area (Å²) in [6.07, 6.45) is 16.8. The minimum absolute atomic E-state index is 0.396. The van der Waals surface area contributed by atoms with Gasteiger partial charge in [0.2, 0.25) is 0 Å². The lowest BCUT2D eigenvalue weighted by molar-refractivity contribution is -0.0840. The average Bonchev–Trinajstić information content (AvgIpc) is 3.03. The van der Waals surface area contributed by atoms with Crippen LogP contribution in [-0.4, -0.2) is 41.6 Å². The Bertz CT molecular complexity index is 502. The van der Waals surface area contributed by atoms with Crippen molar-refractivity contribution in [1.82, 2.24) is 20.7 Å². The van der Waals surface area contributed by atoms with Crippen molar-refractivity contribution in [3.63, 3.8) is 0 Å². The van der Waals surface area contributed by atoms with E-state index < -0.39 is 0 Å². The Morgan fingerprint density at radius 1 is 1.13 bits per heavy atom. The van der Waals surface area contributed by atoms with Crippen molar-refractivity contribution in [2.75, 3.05) is 20.1 Å². The maximum Gasteiger partial charge on any atom is 0.0614 e. The maximum atomic E-state index is 3.59. The number of hydrogen-bond donors (Lipinski definition) is 2. The molecule has 4 bridgehead atoms. The molecule has 0 aromatic heterocycles. The normalized spacial score (nSPS) is 44.7. The van der Waals surface area contributed by atoms with Gasteiger partial charge in [0.15, 0.2) is 0 Å². The number of allylic oxidation sites excluding steroid dienone is 1. The zero-order chi connectivity index (χ0) is 15.4. The molecule has 0 radical (unpaired) electrons. The van der Waals surface area contributed by atoms with Crippen LogP contribution < -0.4 is 10.7 Å². The first-order chi connectivity index (χ1) is 11.2. The third-order valence-corrected chi connectivity index (χ3v) is 7.21. The van der Waals surface area contributed by atoms with Gasteiger partial charge in [-0.2, -0.15) is 0 Å². The van der Waals surface area contributed by atoms with Gasteiger partial charge >= 0.3 is 0 Å². The van der Waals surface area contributed by atoms with Crippen LogP contribution in [0.15, 0.2) is 24.2 Å². The molecule has 126 valence electrons. The van der Waals surface area contributed by atoms with E-state index >= 15 is 0 Å². The number of rotatable bonds is 3. The Kier molecular flexibility index (Phi) is 3.19. The molecular formula is C19H30N4. The quantitative estimate of drug-likeness (QED) is 0.837. The van der Waals surface area contributed by atoms with E-state index in [0.717, 1.165) is 24.3 Å². The third-order valence-electron chi connectivity index (χ3n) is 7.21. The Morgan fingerprint density at radius 3 is 2.43 bits per heavy atom. The minimum Gasteiger partial charge on any atom is -0.369 e. The van der Waals surface area contributed by atoms with E-state index in [1.54, 1.807) is 0 Å². The first-order valence-corrected chi connectivity index (χ1v) is 9.60. The second-order valence-corrected chi connectivity index (χ2v) is 8.75. The number of nitrogens with zero attached hydrogens (tertiary/aromatic N) is 2. The van der Waals surface area contributed by atoms with Crippen LogP contribution in [0.25, 0.3) is 0 Å². The van der Waals surface area contributed by atoms with E-state index in [-0.39, 0.29) is 0 Å². The SMILES string of the molecule is CN[C@H]1CCN(C2=CN(C34CC5CC(CC(C5)C3)C4)NC=C2)C1. The molecular weight excluding hydrogens is 284 g/mol. The zero-order valence-electron chi connectivity index (χ0n) is 14.3. The smallest absolute Gasteiger partial charge is 0.0614 e. The molecule has 0 aromatic rings. The molecule has 6 rings (SSSR count). The standard InChI is InChI=1S/C19H30N4/c1-20-17-3-5-22(12-17)18-2-4-21-23(13-18)19-9-14-6-15(10-19)8-16(7-14)11-19/h2,4,13-17,20-21H,3,5-12H2,1H3/t14?,15?,16?,17-,19?/m0/s1. The van der Waals surface area contributed by atoms with Crippen molar-refractivity contribution in [2.45, 2.75) is 56.5 Å². The lowest BCUT2D eigenvalue weighted by atomic mass is 9.53. The van der Waals surface area contributed by atoms with Gasteiger partial charge in [-0.25, -0.2) is 0 Å². The van der Waals surface area contributed by atoms with Gasteiger partial charge in [0.05, 0.1) is 11.2 Å². The minimum atomic E-state index is 0.396. The Balaban J connectivity index is 1.38. The second-order valence-electron chi connectivity index (χ2n) is 8.75. The van der Waals surface area contributed by atoms with Gasteiger partial charge in [-0.3, -0.25) is 5.01 Å². The first kappa shape index (κ1) is 14.2. The van der Waals surface area contributed by atoms with Crippen LogP contribution in [0, 0.1) is 17.8 Å². The zero-order valence-corrected chi connectivity index (χ0v) is 14.3. The fourth-order valence-electron chi connectivity index (χ4n) is 6.47. The molecule has 4 aliphatic carbocycles. The molecule has 4 heteroatoms. The molecule has 2 heterocycles. The van der Waals surface area contributed by atoms with Gasteiger partial charge < -0.3 is 15.6 Å². The summed E-state index contributed by atoms with van der Waals surface area (Å²) >= 11 is 0. The van der Waals surface area contributed by atoms with Gasteiger partial charge in [0.1, 0.15) is 0 Å². The first-order valence-electron chi connectivity index (χ1n) is 9.60.